The van der Waals surface area contributed by atoms with Gasteiger partial charge in [-0.25, -0.2) is 0 Å². The lowest BCUT2D eigenvalue weighted by atomic mass is 10.1. The number of nitrogens with one attached hydrogen (secondary N) is 2. The molecule has 0 spiro atoms. The highest BCUT2D eigenvalue weighted by atomic mass is 16.5. The van der Waals surface area contributed by atoms with Gasteiger partial charge >= 0.3 is 0 Å². The van der Waals surface area contributed by atoms with Gasteiger partial charge in [-0.05, 0) is 25.0 Å². The fourth-order valence-electron chi connectivity index (χ4n) is 2.40. The van der Waals surface area contributed by atoms with E-state index in [1.54, 1.807) is 24.3 Å². The van der Waals surface area contributed by atoms with E-state index < -0.39 is 0 Å². The molecular formula is C18H25N5O3. The first kappa shape index (κ1) is 19.6. The Kier molecular flexibility index (Phi) is 7.75. The van der Waals surface area contributed by atoms with E-state index >= 15 is 0 Å². The van der Waals surface area contributed by atoms with Crippen molar-refractivity contribution in [3.05, 3.63) is 41.5 Å². The van der Waals surface area contributed by atoms with E-state index in [0.717, 1.165) is 12.8 Å². The second kappa shape index (κ2) is 10.3. The average molecular weight is 359 g/mol. The minimum Gasteiger partial charge on any atom is -0.351 e. The van der Waals surface area contributed by atoms with Gasteiger partial charge in [-0.1, -0.05) is 24.2 Å². The van der Waals surface area contributed by atoms with Crippen LogP contribution in [0.15, 0.2) is 28.8 Å². The molecule has 1 aromatic heterocycles. The average Bonchev–Trinajstić information content (AvgIpc) is 3.08. The van der Waals surface area contributed by atoms with Crippen LogP contribution in [0.1, 0.15) is 48.3 Å². The number of aryl methyl sites for hydroxylation is 2. The number of benzene rings is 1. The van der Waals surface area contributed by atoms with Crippen molar-refractivity contribution in [2.75, 3.05) is 18.4 Å². The number of hydrogen-bond acceptors (Lipinski definition) is 6. The standard InChI is InChI=1S/C18H25N5O3/c1-2-6-15-22-17(26-23-15)10-5-9-16(24)21-14-8-4-3-7-13(14)18(25)20-12-11-19/h3-4,7-8H,2,5-6,9-12,19H2,1H3,(H,20,25)(H,21,24). The van der Waals surface area contributed by atoms with Crippen LogP contribution in [0.5, 0.6) is 0 Å². The number of nitrogens with zero attached hydrogens (tertiary/aromatic N) is 2. The van der Waals surface area contributed by atoms with Gasteiger partial charge in [0.2, 0.25) is 11.8 Å². The van der Waals surface area contributed by atoms with E-state index in [1.165, 1.54) is 0 Å². The molecule has 0 aliphatic rings. The van der Waals surface area contributed by atoms with Gasteiger partial charge in [0.05, 0.1) is 11.3 Å². The lowest BCUT2D eigenvalue weighted by molar-refractivity contribution is -0.116. The molecule has 0 saturated carbocycles. The van der Waals surface area contributed by atoms with Crippen LogP contribution < -0.4 is 16.4 Å². The van der Waals surface area contributed by atoms with E-state index in [0.29, 0.717) is 55.3 Å². The molecule has 1 aromatic carbocycles. The van der Waals surface area contributed by atoms with Crippen LogP contribution in [-0.4, -0.2) is 35.0 Å². The van der Waals surface area contributed by atoms with E-state index in [9.17, 15) is 9.59 Å². The third kappa shape index (κ3) is 5.96. The minimum atomic E-state index is -0.263. The minimum absolute atomic E-state index is 0.169. The smallest absolute Gasteiger partial charge is 0.253 e. The predicted octanol–water partition coefficient (Wildman–Crippen LogP) is 1.67. The van der Waals surface area contributed by atoms with E-state index in [1.807, 2.05) is 0 Å². The largest absolute Gasteiger partial charge is 0.351 e. The SMILES string of the molecule is CCCc1noc(CCCC(=O)Nc2ccccc2C(=O)NCCN)n1. The molecule has 0 radical (unpaired) electrons. The summed E-state index contributed by atoms with van der Waals surface area (Å²) in [6.45, 7) is 2.79. The molecular weight excluding hydrogens is 334 g/mol. The van der Waals surface area contributed by atoms with E-state index in [2.05, 4.69) is 27.7 Å². The molecule has 0 atom stereocenters. The summed E-state index contributed by atoms with van der Waals surface area (Å²) in [7, 11) is 0. The maximum absolute atomic E-state index is 12.2. The first-order valence-corrected chi connectivity index (χ1v) is 8.82. The Morgan fingerprint density at radius 1 is 1.23 bits per heavy atom. The van der Waals surface area contributed by atoms with Crippen LogP contribution in [0, 0.1) is 0 Å². The lowest BCUT2D eigenvalue weighted by Crippen LogP contribution is -2.29. The Labute approximate surface area is 152 Å². The summed E-state index contributed by atoms with van der Waals surface area (Å²) in [5.74, 6) is 0.810. The first-order valence-electron chi connectivity index (χ1n) is 8.82. The van der Waals surface area contributed by atoms with Crippen molar-refractivity contribution in [3.8, 4) is 0 Å². The molecule has 0 fully saturated rings. The van der Waals surface area contributed by atoms with Crippen molar-refractivity contribution in [2.24, 2.45) is 5.73 Å². The Balaban J connectivity index is 1.84. The highest BCUT2D eigenvalue weighted by molar-refractivity contribution is 6.03. The molecule has 2 amide bonds. The number of carbonyl (C=O) groups is 2. The van der Waals surface area contributed by atoms with Gasteiger partial charge in [0, 0.05) is 32.4 Å². The van der Waals surface area contributed by atoms with Gasteiger partial charge in [0.25, 0.3) is 5.91 Å². The Morgan fingerprint density at radius 3 is 2.81 bits per heavy atom. The lowest BCUT2D eigenvalue weighted by Gasteiger charge is -2.11. The molecule has 26 heavy (non-hydrogen) atoms. The van der Waals surface area contributed by atoms with Gasteiger partial charge in [-0.2, -0.15) is 4.98 Å². The van der Waals surface area contributed by atoms with Gasteiger partial charge < -0.3 is 20.9 Å². The summed E-state index contributed by atoms with van der Waals surface area (Å²) in [6, 6.07) is 6.87. The highest BCUT2D eigenvalue weighted by Gasteiger charge is 2.13. The Morgan fingerprint density at radius 2 is 2.04 bits per heavy atom. The van der Waals surface area contributed by atoms with Crippen LogP contribution in [-0.2, 0) is 17.6 Å². The van der Waals surface area contributed by atoms with Crippen LogP contribution in [0.2, 0.25) is 0 Å². The Hall–Kier alpha value is -2.74. The second-order valence-electron chi connectivity index (χ2n) is 5.85. The number of carbonyl (C=O) groups excluding carboxylic acids is 2. The molecule has 8 nitrogen and oxygen atoms in total. The molecule has 0 bridgehead atoms. The van der Waals surface area contributed by atoms with Gasteiger partial charge in [-0.3, -0.25) is 9.59 Å². The number of para-hydroxylation sites is 1. The van der Waals surface area contributed by atoms with Crippen molar-refractivity contribution in [1.29, 1.82) is 0 Å². The monoisotopic (exact) mass is 359 g/mol. The molecule has 0 aliphatic carbocycles. The molecule has 0 aliphatic heterocycles. The van der Waals surface area contributed by atoms with Gasteiger partial charge in [0.15, 0.2) is 5.82 Å². The van der Waals surface area contributed by atoms with Crippen molar-refractivity contribution < 1.29 is 14.1 Å². The third-order valence-electron chi connectivity index (χ3n) is 3.65. The molecule has 2 rings (SSSR count). The van der Waals surface area contributed by atoms with E-state index in [4.69, 9.17) is 10.3 Å². The van der Waals surface area contributed by atoms with Crippen molar-refractivity contribution >= 4 is 17.5 Å². The Bertz CT molecular complexity index is 729. The zero-order valence-corrected chi connectivity index (χ0v) is 15.0. The zero-order chi connectivity index (χ0) is 18.8. The summed E-state index contributed by atoms with van der Waals surface area (Å²) in [5, 5.41) is 9.37. The normalized spacial score (nSPS) is 10.5. The van der Waals surface area contributed by atoms with Crippen LogP contribution in [0.4, 0.5) is 5.69 Å². The number of hydrogen-bond donors (Lipinski definition) is 3. The zero-order valence-electron chi connectivity index (χ0n) is 15.0. The summed E-state index contributed by atoms with van der Waals surface area (Å²) < 4.78 is 5.15. The third-order valence-corrected chi connectivity index (χ3v) is 3.65. The van der Waals surface area contributed by atoms with E-state index in [-0.39, 0.29) is 11.8 Å². The summed E-state index contributed by atoms with van der Waals surface area (Å²) in [5.41, 5.74) is 6.29. The highest BCUT2D eigenvalue weighted by Crippen LogP contribution is 2.15. The fourth-order valence-corrected chi connectivity index (χ4v) is 2.40. The first-order chi connectivity index (χ1) is 12.6. The maximum Gasteiger partial charge on any atom is 0.253 e. The molecule has 140 valence electrons. The molecule has 0 unspecified atom stereocenters. The molecule has 4 N–H and O–H groups in total. The van der Waals surface area contributed by atoms with Crippen LogP contribution >= 0.6 is 0 Å². The van der Waals surface area contributed by atoms with Crippen LogP contribution in [0.25, 0.3) is 0 Å². The van der Waals surface area contributed by atoms with Crippen LogP contribution in [0.3, 0.4) is 0 Å². The second-order valence-corrected chi connectivity index (χ2v) is 5.85. The van der Waals surface area contributed by atoms with Crippen molar-refractivity contribution in [1.82, 2.24) is 15.5 Å². The number of rotatable bonds is 10. The fraction of sp³-hybridized carbons (Fsp3) is 0.444. The van der Waals surface area contributed by atoms with Gasteiger partial charge in [0.1, 0.15) is 0 Å². The van der Waals surface area contributed by atoms with Crippen molar-refractivity contribution in [2.45, 2.75) is 39.0 Å². The summed E-state index contributed by atoms with van der Waals surface area (Å²) in [6.07, 6.45) is 3.17. The number of nitrogens with two attached hydrogens (primary N) is 1. The number of aromatic nitrogens is 2. The number of anilines is 1. The molecule has 0 saturated heterocycles. The quantitative estimate of drug-likeness (QED) is 0.593. The van der Waals surface area contributed by atoms with Gasteiger partial charge in [-0.15, -0.1) is 0 Å². The molecule has 8 heteroatoms. The topological polar surface area (TPSA) is 123 Å². The number of amides is 2. The summed E-state index contributed by atoms with van der Waals surface area (Å²) in [4.78, 5) is 28.6. The van der Waals surface area contributed by atoms with Crippen molar-refractivity contribution in [3.63, 3.8) is 0 Å². The molecule has 1 heterocycles. The predicted molar refractivity (Wildman–Crippen MR) is 97.7 cm³/mol. The maximum atomic E-state index is 12.2. The molecule has 2 aromatic rings. The summed E-state index contributed by atoms with van der Waals surface area (Å²) >= 11 is 0.